The molecule has 0 unspecified atom stereocenters. The minimum absolute atomic E-state index is 0.0339. The van der Waals surface area contributed by atoms with Crippen LogP contribution in [0, 0.1) is 12.7 Å². The van der Waals surface area contributed by atoms with E-state index in [2.05, 4.69) is 10.5 Å². The zero-order chi connectivity index (χ0) is 22.4. The topological polar surface area (TPSA) is 84.8 Å². The van der Waals surface area contributed by atoms with Crippen molar-refractivity contribution in [1.29, 1.82) is 0 Å². The Kier molecular flexibility index (Phi) is 7.04. The molecule has 3 aromatic rings. The van der Waals surface area contributed by atoms with E-state index in [1.54, 1.807) is 36.4 Å². The number of carbonyl (C=O) groups excluding carboxylic acids is 1. The van der Waals surface area contributed by atoms with Crippen LogP contribution in [0.3, 0.4) is 0 Å². The number of amides is 1. The molecule has 0 radical (unpaired) electrons. The predicted octanol–water partition coefficient (Wildman–Crippen LogP) is 4.25. The quantitative estimate of drug-likeness (QED) is 0.324. The number of halogens is 2. The number of benzene rings is 3. The summed E-state index contributed by atoms with van der Waals surface area (Å²) in [6.45, 7) is 1.83. The van der Waals surface area contributed by atoms with E-state index in [-0.39, 0.29) is 22.6 Å². The third-order valence-corrected chi connectivity index (χ3v) is 5.61. The molecule has 0 fully saturated rings. The van der Waals surface area contributed by atoms with E-state index in [1.807, 2.05) is 6.92 Å². The van der Waals surface area contributed by atoms with E-state index in [9.17, 15) is 17.6 Å². The van der Waals surface area contributed by atoms with Crippen LogP contribution < -0.4 is 9.61 Å². The molecule has 1 N–H and O–H groups in total. The van der Waals surface area contributed by atoms with Crippen LogP contribution in [-0.4, -0.2) is 20.5 Å². The van der Waals surface area contributed by atoms with Gasteiger partial charge in [0.05, 0.1) is 12.6 Å². The van der Waals surface area contributed by atoms with Crippen LogP contribution in [0.2, 0.25) is 5.02 Å². The fourth-order valence-corrected chi connectivity index (χ4v) is 3.78. The lowest BCUT2D eigenvalue weighted by Crippen LogP contribution is -2.20. The smallest absolute Gasteiger partial charge is 0.339 e. The summed E-state index contributed by atoms with van der Waals surface area (Å²) in [6.07, 6.45) is 1.14. The zero-order valence-corrected chi connectivity index (χ0v) is 18.0. The van der Waals surface area contributed by atoms with Gasteiger partial charge in [-0.2, -0.15) is 13.5 Å². The first-order valence-corrected chi connectivity index (χ1v) is 10.9. The van der Waals surface area contributed by atoms with Gasteiger partial charge in [-0.05, 0) is 55.0 Å². The van der Waals surface area contributed by atoms with Gasteiger partial charge < -0.3 is 4.18 Å². The summed E-state index contributed by atoms with van der Waals surface area (Å²) in [5.74, 6) is -1.17. The van der Waals surface area contributed by atoms with Gasteiger partial charge in [0.15, 0.2) is 5.75 Å². The van der Waals surface area contributed by atoms with Crippen LogP contribution in [0.5, 0.6) is 5.75 Å². The van der Waals surface area contributed by atoms with Crippen molar-refractivity contribution in [1.82, 2.24) is 5.43 Å². The maximum atomic E-state index is 13.7. The van der Waals surface area contributed by atoms with E-state index in [4.69, 9.17) is 15.8 Å². The van der Waals surface area contributed by atoms with Gasteiger partial charge in [0.1, 0.15) is 10.7 Å². The Labute approximate surface area is 184 Å². The van der Waals surface area contributed by atoms with Crippen LogP contribution >= 0.6 is 11.6 Å². The van der Waals surface area contributed by atoms with Gasteiger partial charge >= 0.3 is 10.1 Å². The van der Waals surface area contributed by atoms with Crippen molar-refractivity contribution in [2.75, 3.05) is 0 Å². The van der Waals surface area contributed by atoms with Crippen molar-refractivity contribution in [3.63, 3.8) is 0 Å². The lowest BCUT2D eigenvalue weighted by molar-refractivity contribution is -0.120. The largest absolute Gasteiger partial charge is 0.378 e. The molecule has 0 aliphatic heterocycles. The Balaban J connectivity index is 1.73. The third kappa shape index (κ3) is 6.37. The number of nitrogens with one attached hydrogen (secondary N) is 1. The average molecular weight is 461 g/mol. The summed E-state index contributed by atoms with van der Waals surface area (Å²) in [5.41, 5.74) is 3.93. The van der Waals surface area contributed by atoms with Crippen LogP contribution in [0.25, 0.3) is 0 Å². The minimum Gasteiger partial charge on any atom is -0.378 e. The lowest BCUT2D eigenvalue weighted by Gasteiger charge is -2.10. The van der Waals surface area contributed by atoms with Crippen molar-refractivity contribution in [3.8, 4) is 5.75 Å². The Bertz CT molecular complexity index is 1230. The summed E-state index contributed by atoms with van der Waals surface area (Å²) in [5, 5.41) is 4.28. The first-order chi connectivity index (χ1) is 14.7. The normalized spacial score (nSPS) is 11.5. The molecule has 160 valence electrons. The summed E-state index contributed by atoms with van der Waals surface area (Å²) < 4.78 is 43.9. The summed E-state index contributed by atoms with van der Waals surface area (Å²) >= 11 is 5.89. The summed E-state index contributed by atoms with van der Waals surface area (Å²) in [4.78, 5) is 12.0. The van der Waals surface area contributed by atoms with E-state index in [0.29, 0.717) is 10.6 Å². The molecule has 0 heterocycles. The highest BCUT2D eigenvalue weighted by molar-refractivity contribution is 7.87. The van der Waals surface area contributed by atoms with Gasteiger partial charge in [-0.1, -0.05) is 41.4 Å². The van der Waals surface area contributed by atoms with E-state index < -0.39 is 21.8 Å². The Morgan fingerprint density at radius 3 is 2.58 bits per heavy atom. The SMILES string of the molecule is Cc1ccc(S(=O)(=O)Oc2ccc(F)cc2/C=N/NC(=O)Cc2cccc(Cl)c2)cc1. The van der Waals surface area contributed by atoms with Crippen LogP contribution in [0.4, 0.5) is 4.39 Å². The second-order valence-corrected chi connectivity index (χ2v) is 8.62. The Morgan fingerprint density at radius 1 is 1.13 bits per heavy atom. The number of nitrogens with zero attached hydrogens (tertiary/aromatic N) is 1. The van der Waals surface area contributed by atoms with Crippen LogP contribution in [-0.2, 0) is 21.3 Å². The highest BCUT2D eigenvalue weighted by Gasteiger charge is 2.18. The highest BCUT2D eigenvalue weighted by atomic mass is 35.5. The van der Waals surface area contributed by atoms with Gasteiger partial charge in [0.2, 0.25) is 5.91 Å². The first-order valence-electron chi connectivity index (χ1n) is 9.10. The van der Waals surface area contributed by atoms with Gasteiger partial charge in [-0.25, -0.2) is 9.82 Å². The molecule has 0 bridgehead atoms. The lowest BCUT2D eigenvalue weighted by atomic mass is 10.1. The first kappa shape index (κ1) is 22.5. The van der Waals surface area contributed by atoms with E-state index in [1.165, 1.54) is 18.2 Å². The molecule has 0 aliphatic rings. The molecule has 1 amide bonds. The molecule has 0 aliphatic carbocycles. The molecule has 0 aromatic heterocycles. The number of hydrazone groups is 1. The molecule has 0 saturated carbocycles. The highest BCUT2D eigenvalue weighted by Crippen LogP contribution is 2.23. The van der Waals surface area contributed by atoms with Crippen LogP contribution in [0.1, 0.15) is 16.7 Å². The van der Waals surface area contributed by atoms with E-state index >= 15 is 0 Å². The molecule has 6 nitrogen and oxygen atoms in total. The van der Waals surface area contributed by atoms with Gasteiger partial charge in [-0.3, -0.25) is 4.79 Å². The molecule has 9 heteroatoms. The molecular weight excluding hydrogens is 443 g/mol. The maximum absolute atomic E-state index is 13.7. The predicted molar refractivity (Wildman–Crippen MR) is 116 cm³/mol. The number of aryl methyl sites for hydroxylation is 1. The Hall–Kier alpha value is -3.23. The standard InChI is InChI=1S/C22H18ClFN2O4S/c1-15-5-8-20(9-6-15)31(28,29)30-21-10-7-19(24)13-17(21)14-25-26-22(27)12-16-3-2-4-18(23)11-16/h2-11,13-14H,12H2,1H3,(H,26,27)/b25-14+. The molecule has 31 heavy (non-hydrogen) atoms. The van der Waals surface area contributed by atoms with E-state index in [0.717, 1.165) is 23.9 Å². The number of hydrogen-bond acceptors (Lipinski definition) is 5. The number of carbonyl (C=O) groups is 1. The zero-order valence-electron chi connectivity index (χ0n) is 16.4. The molecule has 3 rings (SSSR count). The maximum Gasteiger partial charge on any atom is 0.339 e. The summed E-state index contributed by atoms with van der Waals surface area (Å²) in [7, 11) is -4.14. The molecule has 0 atom stereocenters. The summed E-state index contributed by atoms with van der Waals surface area (Å²) in [6, 6.07) is 16.2. The van der Waals surface area contributed by atoms with Crippen molar-refractivity contribution < 1.29 is 21.8 Å². The minimum atomic E-state index is -4.14. The van der Waals surface area contributed by atoms with Crippen LogP contribution in [0.15, 0.2) is 76.7 Å². The average Bonchev–Trinajstić information content (AvgIpc) is 2.70. The molecule has 0 spiro atoms. The second-order valence-electron chi connectivity index (χ2n) is 6.63. The Morgan fingerprint density at radius 2 is 1.87 bits per heavy atom. The van der Waals surface area contributed by atoms with Gasteiger partial charge in [0.25, 0.3) is 0 Å². The molecular formula is C22H18ClFN2O4S. The van der Waals surface area contributed by atoms with Crippen molar-refractivity contribution in [2.24, 2.45) is 5.10 Å². The van der Waals surface area contributed by atoms with Gasteiger partial charge in [-0.15, -0.1) is 0 Å². The van der Waals surface area contributed by atoms with Crippen molar-refractivity contribution >= 4 is 33.8 Å². The third-order valence-electron chi connectivity index (χ3n) is 4.13. The number of rotatable bonds is 7. The fourth-order valence-electron chi connectivity index (χ4n) is 2.61. The molecule has 0 saturated heterocycles. The monoisotopic (exact) mass is 460 g/mol. The fraction of sp³-hybridized carbons (Fsp3) is 0.0909. The second kappa shape index (κ2) is 9.72. The number of hydrogen-bond donors (Lipinski definition) is 1. The molecule has 3 aromatic carbocycles. The van der Waals surface area contributed by atoms with Gasteiger partial charge in [0, 0.05) is 10.6 Å². The van der Waals surface area contributed by atoms with Crippen molar-refractivity contribution in [3.05, 3.63) is 94.3 Å². The van der Waals surface area contributed by atoms with Crippen molar-refractivity contribution in [2.45, 2.75) is 18.2 Å².